The molecule has 0 spiro atoms. The number of halogens is 4. The van der Waals surface area contributed by atoms with Crippen molar-refractivity contribution in [3.8, 4) is 16.9 Å². The Morgan fingerprint density at radius 3 is 2.67 bits per heavy atom. The molecule has 0 radical (unpaired) electrons. The van der Waals surface area contributed by atoms with Gasteiger partial charge in [0.05, 0.1) is 23.3 Å². The summed E-state index contributed by atoms with van der Waals surface area (Å²) in [6.45, 7) is 3.33. The number of fused-ring (bicyclic) bond motifs is 1. The molecule has 1 aliphatic rings. The standard InChI is InChI=1S/C29H28ClF3N4O5S/c1-16-9-18(30)10-21(26(16)42-23-4-7-35(12-17(23)2)14-25(39)40)20-3-6-34-22-11-19(43-27(20)22)13-37-24(38)5-8-36(28(37)41)15-29(31,32)33/h3,5-6,8-11,17,23H,4,7,12-15H2,1-2H3,(H,39,40)/t17-,23+/m0/s1. The van der Waals surface area contributed by atoms with Crippen LogP contribution in [0, 0.1) is 12.8 Å². The molecule has 14 heteroatoms. The molecule has 1 aliphatic heterocycles. The summed E-state index contributed by atoms with van der Waals surface area (Å²) in [4.78, 5) is 43.3. The number of ether oxygens (including phenoxy) is 1. The smallest absolute Gasteiger partial charge is 0.406 e. The monoisotopic (exact) mass is 636 g/mol. The van der Waals surface area contributed by atoms with Crippen LogP contribution < -0.4 is 16.0 Å². The van der Waals surface area contributed by atoms with E-state index in [1.54, 1.807) is 24.4 Å². The van der Waals surface area contributed by atoms with Crippen molar-refractivity contribution in [2.24, 2.45) is 5.92 Å². The molecule has 1 saturated heterocycles. The van der Waals surface area contributed by atoms with E-state index in [9.17, 15) is 27.6 Å². The molecule has 9 nitrogen and oxygen atoms in total. The van der Waals surface area contributed by atoms with Crippen molar-refractivity contribution in [2.45, 2.75) is 45.6 Å². The fourth-order valence-corrected chi connectivity index (χ4v) is 6.81. The number of aromatic nitrogens is 3. The van der Waals surface area contributed by atoms with Gasteiger partial charge in [-0.05, 0) is 43.2 Å². The zero-order valence-electron chi connectivity index (χ0n) is 23.2. The molecule has 4 heterocycles. The van der Waals surface area contributed by atoms with Crippen LogP contribution in [0.15, 0.2) is 52.3 Å². The first-order chi connectivity index (χ1) is 20.3. The number of carboxylic acids is 1. The molecule has 43 heavy (non-hydrogen) atoms. The minimum Gasteiger partial charge on any atom is -0.489 e. The lowest BCUT2D eigenvalue weighted by molar-refractivity contribution is -0.141. The molecular formula is C29H28ClF3N4O5S. The highest BCUT2D eigenvalue weighted by atomic mass is 35.5. The number of benzene rings is 1. The second-order valence-electron chi connectivity index (χ2n) is 10.7. The number of nitrogens with zero attached hydrogens (tertiary/aromatic N) is 4. The van der Waals surface area contributed by atoms with E-state index in [1.165, 1.54) is 11.3 Å². The van der Waals surface area contributed by atoms with Crippen LogP contribution in [-0.2, 0) is 17.9 Å². The van der Waals surface area contributed by atoms with Gasteiger partial charge in [-0.15, -0.1) is 11.3 Å². The van der Waals surface area contributed by atoms with Gasteiger partial charge in [0, 0.05) is 58.5 Å². The molecule has 228 valence electrons. The molecular weight excluding hydrogens is 609 g/mol. The fourth-order valence-electron chi connectivity index (χ4n) is 5.41. The Bertz CT molecular complexity index is 1800. The van der Waals surface area contributed by atoms with Crippen LogP contribution in [0.25, 0.3) is 21.3 Å². The molecule has 0 saturated carbocycles. The van der Waals surface area contributed by atoms with Crippen LogP contribution in [0.3, 0.4) is 0 Å². The Kier molecular flexibility index (Phi) is 8.68. The van der Waals surface area contributed by atoms with Gasteiger partial charge in [0.1, 0.15) is 18.4 Å². The number of pyridine rings is 1. The van der Waals surface area contributed by atoms with Crippen molar-refractivity contribution >= 4 is 39.1 Å². The summed E-state index contributed by atoms with van der Waals surface area (Å²) in [5, 5.41) is 9.66. The van der Waals surface area contributed by atoms with Crippen LogP contribution in [0.5, 0.6) is 5.75 Å². The maximum absolute atomic E-state index is 13.0. The molecule has 2 atom stereocenters. The predicted molar refractivity (Wildman–Crippen MR) is 157 cm³/mol. The first kappa shape index (κ1) is 30.8. The number of hydrogen-bond donors (Lipinski definition) is 1. The number of thiophene rings is 1. The average molecular weight is 637 g/mol. The van der Waals surface area contributed by atoms with Gasteiger partial charge in [-0.25, -0.2) is 4.79 Å². The SMILES string of the molecule is Cc1cc(Cl)cc(-c2ccnc3cc(Cn4c(=O)ccn(CC(F)(F)F)c4=O)sc23)c1O[C@@H]1CCN(CC(=O)O)C[C@@H]1C. The molecule has 3 aromatic heterocycles. The number of piperidine rings is 1. The topological polar surface area (TPSA) is 107 Å². The second kappa shape index (κ2) is 12.1. The number of aliphatic carboxylic acids is 1. The molecule has 0 aliphatic carbocycles. The van der Waals surface area contributed by atoms with Crippen molar-refractivity contribution in [2.75, 3.05) is 19.6 Å². The highest BCUT2D eigenvalue weighted by molar-refractivity contribution is 7.19. The van der Waals surface area contributed by atoms with Gasteiger partial charge in [0.15, 0.2) is 0 Å². The first-order valence-electron chi connectivity index (χ1n) is 13.4. The quantitative estimate of drug-likeness (QED) is 0.289. The van der Waals surface area contributed by atoms with E-state index in [0.717, 1.165) is 38.2 Å². The van der Waals surface area contributed by atoms with E-state index in [1.807, 2.05) is 24.8 Å². The molecule has 4 aromatic rings. The van der Waals surface area contributed by atoms with Gasteiger partial charge >= 0.3 is 17.8 Å². The van der Waals surface area contributed by atoms with Crippen LogP contribution in [0.2, 0.25) is 5.02 Å². The first-order valence-corrected chi connectivity index (χ1v) is 14.6. The van der Waals surface area contributed by atoms with E-state index < -0.39 is 29.9 Å². The zero-order valence-corrected chi connectivity index (χ0v) is 24.8. The summed E-state index contributed by atoms with van der Waals surface area (Å²) in [5.74, 6) is -0.180. The van der Waals surface area contributed by atoms with Crippen LogP contribution in [0.1, 0.15) is 23.8 Å². The summed E-state index contributed by atoms with van der Waals surface area (Å²) in [7, 11) is 0. The number of carbonyl (C=O) groups is 1. The van der Waals surface area contributed by atoms with Crippen molar-refractivity contribution in [3.05, 3.63) is 79.0 Å². The molecule has 0 amide bonds. The van der Waals surface area contributed by atoms with Crippen LogP contribution in [0.4, 0.5) is 13.2 Å². The number of alkyl halides is 3. The minimum absolute atomic E-state index is 0.0245. The third-order valence-corrected chi connectivity index (χ3v) is 8.70. The number of carboxylic acid groups (broad SMARTS) is 1. The van der Waals surface area contributed by atoms with Crippen molar-refractivity contribution in [1.82, 2.24) is 19.0 Å². The third kappa shape index (κ3) is 6.94. The van der Waals surface area contributed by atoms with Gasteiger partial charge in [-0.1, -0.05) is 18.5 Å². The van der Waals surface area contributed by atoms with Crippen molar-refractivity contribution in [3.63, 3.8) is 0 Å². The number of aryl methyl sites for hydroxylation is 1. The number of rotatable bonds is 8. The Labute approximate surface area is 252 Å². The molecule has 1 aromatic carbocycles. The normalized spacial score (nSPS) is 17.8. The lowest BCUT2D eigenvalue weighted by Gasteiger charge is -2.36. The van der Waals surface area contributed by atoms with Gasteiger partial charge in [-0.2, -0.15) is 13.2 Å². The van der Waals surface area contributed by atoms with Gasteiger partial charge in [0.25, 0.3) is 5.56 Å². The van der Waals surface area contributed by atoms with Crippen molar-refractivity contribution in [1.29, 1.82) is 0 Å². The second-order valence-corrected chi connectivity index (χ2v) is 12.3. The molecule has 1 N–H and O–H groups in total. The number of hydrogen-bond acceptors (Lipinski definition) is 7. The lowest BCUT2D eigenvalue weighted by Crippen LogP contribution is -2.46. The Morgan fingerprint density at radius 1 is 1.21 bits per heavy atom. The molecule has 0 bridgehead atoms. The van der Waals surface area contributed by atoms with Crippen LogP contribution >= 0.6 is 22.9 Å². The van der Waals surface area contributed by atoms with Gasteiger partial charge in [0.2, 0.25) is 0 Å². The van der Waals surface area contributed by atoms with E-state index in [0.29, 0.717) is 45.2 Å². The van der Waals surface area contributed by atoms with Gasteiger partial charge in [-0.3, -0.25) is 28.6 Å². The molecule has 1 fully saturated rings. The largest absolute Gasteiger partial charge is 0.489 e. The van der Waals surface area contributed by atoms with E-state index in [-0.39, 0.29) is 25.1 Å². The van der Waals surface area contributed by atoms with E-state index >= 15 is 0 Å². The fraction of sp³-hybridized carbons (Fsp3) is 0.379. The third-order valence-electron chi connectivity index (χ3n) is 7.33. The summed E-state index contributed by atoms with van der Waals surface area (Å²) >= 11 is 7.75. The van der Waals surface area contributed by atoms with Crippen molar-refractivity contribution < 1.29 is 27.8 Å². The number of likely N-dealkylation sites (tertiary alicyclic amines) is 1. The lowest BCUT2D eigenvalue weighted by atomic mass is 9.95. The Balaban J connectivity index is 1.49. The summed E-state index contributed by atoms with van der Waals surface area (Å²) in [6, 6.07) is 8.05. The Morgan fingerprint density at radius 2 is 1.98 bits per heavy atom. The maximum Gasteiger partial charge on any atom is 0.406 e. The molecule has 0 unspecified atom stereocenters. The summed E-state index contributed by atoms with van der Waals surface area (Å²) in [6.07, 6.45) is -1.68. The zero-order chi connectivity index (χ0) is 31.1. The van der Waals surface area contributed by atoms with E-state index in [4.69, 9.17) is 21.4 Å². The van der Waals surface area contributed by atoms with Crippen LogP contribution in [-0.4, -0.2) is 62.0 Å². The highest BCUT2D eigenvalue weighted by Crippen LogP contribution is 2.42. The minimum atomic E-state index is -4.62. The predicted octanol–water partition coefficient (Wildman–Crippen LogP) is 5.03. The summed E-state index contributed by atoms with van der Waals surface area (Å²) < 4.78 is 47.4. The maximum atomic E-state index is 13.0. The Hall–Kier alpha value is -3.68. The molecule has 5 rings (SSSR count). The highest BCUT2D eigenvalue weighted by Gasteiger charge is 2.31. The van der Waals surface area contributed by atoms with E-state index in [2.05, 4.69) is 4.98 Å². The summed E-state index contributed by atoms with van der Waals surface area (Å²) in [5.41, 5.74) is 1.10. The average Bonchev–Trinajstić information content (AvgIpc) is 3.33. The van der Waals surface area contributed by atoms with Gasteiger partial charge < -0.3 is 9.84 Å².